The number of rotatable bonds is 2. The summed E-state index contributed by atoms with van der Waals surface area (Å²) in [4.78, 5) is 11.7. The van der Waals surface area contributed by atoms with E-state index in [4.69, 9.17) is 15.2 Å². The lowest BCUT2D eigenvalue weighted by Crippen LogP contribution is -2.43. The molecule has 2 bridgehead atoms. The SMILES string of the molecule is COC(=O)C12CCCC(CN)(C1)OC2. The first-order chi connectivity index (χ1) is 6.66. The summed E-state index contributed by atoms with van der Waals surface area (Å²) in [7, 11) is 1.44. The molecule has 2 fully saturated rings. The summed E-state index contributed by atoms with van der Waals surface area (Å²) in [5.41, 5.74) is 5.06. The Bertz CT molecular complexity index is 256. The van der Waals surface area contributed by atoms with Crippen LogP contribution in [0.25, 0.3) is 0 Å². The molecule has 2 unspecified atom stereocenters. The zero-order valence-corrected chi connectivity index (χ0v) is 8.54. The van der Waals surface area contributed by atoms with Crippen molar-refractivity contribution in [3.63, 3.8) is 0 Å². The summed E-state index contributed by atoms with van der Waals surface area (Å²) in [6, 6.07) is 0. The van der Waals surface area contributed by atoms with Gasteiger partial charge in [0, 0.05) is 6.54 Å². The number of hydrogen-bond acceptors (Lipinski definition) is 4. The summed E-state index contributed by atoms with van der Waals surface area (Å²) < 4.78 is 10.6. The lowest BCUT2D eigenvalue weighted by atomic mass is 9.70. The fourth-order valence-electron chi connectivity index (χ4n) is 2.76. The van der Waals surface area contributed by atoms with Crippen LogP contribution < -0.4 is 5.73 Å². The summed E-state index contributed by atoms with van der Waals surface area (Å²) in [5.74, 6) is -0.132. The molecule has 0 amide bonds. The zero-order chi connectivity index (χ0) is 10.2. The van der Waals surface area contributed by atoms with Gasteiger partial charge in [0.15, 0.2) is 0 Å². The van der Waals surface area contributed by atoms with Crippen molar-refractivity contribution >= 4 is 5.97 Å². The number of carbonyl (C=O) groups is 1. The van der Waals surface area contributed by atoms with Crippen LogP contribution in [0, 0.1) is 5.41 Å². The van der Waals surface area contributed by atoms with Gasteiger partial charge in [0.05, 0.1) is 24.7 Å². The molecule has 2 aliphatic rings. The number of fused-ring (bicyclic) bond motifs is 2. The van der Waals surface area contributed by atoms with Crippen LogP contribution in [0.5, 0.6) is 0 Å². The lowest BCUT2D eigenvalue weighted by Gasteiger charge is -2.34. The predicted octanol–water partition coefficient (Wildman–Crippen LogP) is 0.448. The smallest absolute Gasteiger partial charge is 0.314 e. The Labute approximate surface area is 83.7 Å². The van der Waals surface area contributed by atoms with E-state index >= 15 is 0 Å². The van der Waals surface area contributed by atoms with Crippen molar-refractivity contribution in [1.82, 2.24) is 0 Å². The molecule has 2 N–H and O–H groups in total. The minimum Gasteiger partial charge on any atom is -0.469 e. The number of nitrogens with two attached hydrogens (primary N) is 1. The first-order valence-electron chi connectivity index (χ1n) is 5.09. The first-order valence-corrected chi connectivity index (χ1v) is 5.09. The van der Waals surface area contributed by atoms with Crippen molar-refractivity contribution in [3.8, 4) is 0 Å². The summed E-state index contributed by atoms with van der Waals surface area (Å²) >= 11 is 0. The molecule has 0 aromatic rings. The highest BCUT2D eigenvalue weighted by Crippen LogP contribution is 2.50. The van der Waals surface area contributed by atoms with Crippen molar-refractivity contribution in [2.24, 2.45) is 11.1 Å². The highest BCUT2D eigenvalue weighted by atomic mass is 16.5. The monoisotopic (exact) mass is 199 g/mol. The van der Waals surface area contributed by atoms with Gasteiger partial charge in [-0.05, 0) is 25.7 Å². The van der Waals surface area contributed by atoms with E-state index in [-0.39, 0.29) is 11.6 Å². The number of carbonyl (C=O) groups excluding carboxylic acids is 1. The van der Waals surface area contributed by atoms with Gasteiger partial charge in [-0.25, -0.2) is 0 Å². The van der Waals surface area contributed by atoms with Gasteiger partial charge in [-0.1, -0.05) is 0 Å². The molecule has 80 valence electrons. The van der Waals surface area contributed by atoms with E-state index in [2.05, 4.69) is 0 Å². The number of hydrogen-bond donors (Lipinski definition) is 1. The van der Waals surface area contributed by atoms with Crippen molar-refractivity contribution in [3.05, 3.63) is 0 Å². The van der Waals surface area contributed by atoms with Crippen LogP contribution in [0.3, 0.4) is 0 Å². The highest BCUT2D eigenvalue weighted by Gasteiger charge is 2.56. The second kappa shape index (κ2) is 3.21. The Balaban J connectivity index is 2.20. The maximum absolute atomic E-state index is 11.7. The number of ether oxygens (including phenoxy) is 2. The molecular weight excluding hydrogens is 182 g/mol. The molecule has 1 aliphatic heterocycles. The molecule has 14 heavy (non-hydrogen) atoms. The fourth-order valence-corrected chi connectivity index (χ4v) is 2.76. The first kappa shape index (κ1) is 9.93. The summed E-state index contributed by atoms with van der Waals surface area (Å²) in [5, 5.41) is 0. The third kappa shape index (κ3) is 1.25. The fraction of sp³-hybridized carbons (Fsp3) is 0.900. The summed E-state index contributed by atoms with van der Waals surface area (Å²) in [6.07, 6.45) is 3.60. The van der Waals surface area contributed by atoms with Gasteiger partial charge in [-0.2, -0.15) is 0 Å². The minimum atomic E-state index is -0.396. The predicted molar refractivity (Wildman–Crippen MR) is 50.7 cm³/mol. The molecule has 4 heteroatoms. The summed E-state index contributed by atoms with van der Waals surface area (Å²) in [6.45, 7) is 0.989. The van der Waals surface area contributed by atoms with Crippen LogP contribution in [0.4, 0.5) is 0 Å². The Hall–Kier alpha value is -0.610. The molecule has 4 nitrogen and oxygen atoms in total. The van der Waals surface area contributed by atoms with Gasteiger partial charge in [0.2, 0.25) is 0 Å². The maximum atomic E-state index is 11.7. The van der Waals surface area contributed by atoms with Gasteiger partial charge in [0.1, 0.15) is 0 Å². The van der Waals surface area contributed by atoms with Crippen LogP contribution in [0.15, 0.2) is 0 Å². The van der Waals surface area contributed by atoms with Crippen LogP contribution in [0.1, 0.15) is 25.7 Å². The van der Waals surface area contributed by atoms with Crippen LogP contribution in [0.2, 0.25) is 0 Å². The van der Waals surface area contributed by atoms with E-state index in [1.807, 2.05) is 0 Å². The van der Waals surface area contributed by atoms with Gasteiger partial charge in [-0.15, -0.1) is 0 Å². The van der Waals surface area contributed by atoms with Crippen molar-refractivity contribution in [1.29, 1.82) is 0 Å². The Morgan fingerprint density at radius 1 is 1.57 bits per heavy atom. The van der Waals surface area contributed by atoms with E-state index < -0.39 is 5.41 Å². The second-order valence-corrected chi connectivity index (χ2v) is 4.48. The van der Waals surface area contributed by atoms with Crippen molar-refractivity contribution < 1.29 is 14.3 Å². The molecule has 1 aliphatic carbocycles. The average molecular weight is 199 g/mol. The van der Waals surface area contributed by atoms with Gasteiger partial charge >= 0.3 is 5.97 Å². The number of methoxy groups -OCH3 is 1. The van der Waals surface area contributed by atoms with E-state index in [0.29, 0.717) is 13.2 Å². The molecule has 1 saturated heterocycles. The molecule has 0 radical (unpaired) electrons. The number of esters is 1. The molecule has 0 spiro atoms. The second-order valence-electron chi connectivity index (χ2n) is 4.48. The largest absolute Gasteiger partial charge is 0.469 e. The molecule has 1 heterocycles. The van der Waals surface area contributed by atoms with Gasteiger partial charge in [0.25, 0.3) is 0 Å². The van der Waals surface area contributed by atoms with Gasteiger partial charge in [-0.3, -0.25) is 4.79 Å². The topological polar surface area (TPSA) is 61.5 Å². The molecule has 2 rings (SSSR count). The molecule has 2 atom stereocenters. The molecule has 0 aromatic heterocycles. The van der Waals surface area contributed by atoms with Crippen molar-refractivity contribution in [2.75, 3.05) is 20.3 Å². The zero-order valence-electron chi connectivity index (χ0n) is 8.54. The Kier molecular flexibility index (Phi) is 2.27. The molecule has 1 saturated carbocycles. The quantitative estimate of drug-likeness (QED) is 0.656. The average Bonchev–Trinajstić information content (AvgIpc) is 2.51. The van der Waals surface area contributed by atoms with E-state index in [9.17, 15) is 4.79 Å². The Morgan fingerprint density at radius 2 is 2.36 bits per heavy atom. The van der Waals surface area contributed by atoms with Gasteiger partial charge < -0.3 is 15.2 Å². The van der Waals surface area contributed by atoms with Crippen LogP contribution >= 0.6 is 0 Å². The molecule has 0 aromatic carbocycles. The van der Waals surface area contributed by atoms with E-state index in [1.165, 1.54) is 7.11 Å². The third-order valence-electron chi connectivity index (χ3n) is 3.59. The highest BCUT2D eigenvalue weighted by molar-refractivity contribution is 5.77. The van der Waals surface area contributed by atoms with E-state index in [1.54, 1.807) is 0 Å². The van der Waals surface area contributed by atoms with Crippen LogP contribution in [-0.4, -0.2) is 31.8 Å². The standard InChI is InChI=1S/C10H17NO3/c1-13-8(12)9-3-2-4-10(5-9,6-11)14-7-9/h2-7,11H2,1H3. The minimum absolute atomic E-state index is 0.132. The van der Waals surface area contributed by atoms with Crippen molar-refractivity contribution in [2.45, 2.75) is 31.3 Å². The van der Waals surface area contributed by atoms with E-state index in [0.717, 1.165) is 25.7 Å². The Morgan fingerprint density at radius 3 is 3.00 bits per heavy atom. The maximum Gasteiger partial charge on any atom is 0.314 e. The molecular formula is C10H17NO3. The van der Waals surface area contributed by atoms with Crippen LogP contribution in [-0.2, 0) is 14.3 Å². The normalized spacial score (nSPS) is 41.0. The third-order valence-corrected chi connectivity index (χ3v) is 3.59. The lowest BCUT2D eigenvalue weighted by molar-refractivity contribution is -0.153.